The first-order valence-corrected chi connectivity index (χ1v) is 6.87. The lowest BCUT2D eigenvalue weighted by Crippen LogP contribution is -2.13. The van der Waals surface area contributed by atoms with Crippen molar-refractivity contribution in [3.8, 4) is 0 Å². The van der Waals surface area contributed by atoms with Gasteiger partial charge in [0.2, 0.25) is 5.91 Å². The molecule has 0 bridgehead atoms. The summed E-state index contributed by atoms with van der Waals surface area (Å²) in [4.78, 5) is 15.8. The summed E-state index contributed by atoms with van der Waals surface area (Å²) in [7, 11) is 0. The predicted octanol–water partition coefficient (Wildman–Crippen LogP) is 2.27. The molecule has 1 amide bonds. The summed E-state index contributed by atoms with van der Waals surface area (Å²) in [5.41, 5.74) is 7.33. The number of thioether (sulfide) groups is 1. The number of carbonyl (C=O) groups excluding carboxylic acids is 1. The van der Waals surface area contributed by atoms with Crippen LogP contribution in [0.15, 0.2) is 53.7 Å². The molecule has 0 spiro atoms. The molecule has 19 heavy (non-hydrogen) atoms. The van der Waals surface area contributed by atoms with Crippen molar-refractivity contribution < 1.29 is 4.79 Å². The molecule has 0 fully saturated rings. The van der Waals surface area contributed by atoms with Gasteiger partial charge in [0.25, 0.3) is 0 Å². The van der Waals surface area contributed by atoms with E-state index in [4.69, 9.17) is 5.73 Å². The van der Waals surface area contributed by atoms with Crippen molar-refractivity contribution in [1.29, 1.82) is 0 Å². The molecule has 98 valence electrons. The second kappa shape index (κ2) is 6.80. The lowest BCUT2D eigenvalue weighted by Gasteiger charge is -2.11. The normalized spacial score (nSPS) is 10.1. The molecule has 2 aromatic rings. The van der Waals surface area contributed by atoms with E-state index in [9.17, 15) is 4.79 Å². The van der Waals surface area contributed by atoms with Crippen LogP contribution >= 0.6 is 11.8 Å². The van der Waals surface area contributed by atoms with Crippen LogP contribution in [0, 0.1) is 0 Å². The zero-order valence-electron chi connectivity index (χ0n) is 10.4. The number of para-hydroxylation sites is 1. The summed E-state index contributed by atoms with van der Waals surface area (Å²) >= 11 is 1.44. The van der Waals surface area contributed by atoms with Gasteiger partial charge < -0.3 is 11.1 Å². The standard InChI is InChI=1S/C14H15N3OS/c15-14(18)10-19-13-4-2-1-3-12(13)17-9-11-5-7-16-8-6-11/h1-8,17H,9-10H2,(H2,15,18). The number of nitrogens with one attached hydrogen (secondary N) is 1. The lowest BCUT2D eigenvalue weighted by atomic mass is 10.2. The summed E-state index contributed by atoms with van der Waals surface area (Å²) in [6.45, 7) is 0.719. The van der Waals surface area contributed by atoms with E-state index < -0.39 is 0 Å². The largest absolute Gasteiger partial charge is 0.380 e. The Morgan fingerprint density at radius 3 is 2.68 bits per heavy atom. The van der Waals surface area contributed by atoms with Crippen LogP contribution in [0.3, 0.4) is 0 Å². The maximum Gasteiger partial charge on any atom is 0.227 e. The van der Waals surface area contributed by atoms with E-state index in [2.05, 4.69) is 10.3 Å². The van der Waals surface area contributed by atoms with Gasteiger partial charge in [-0.3, -0.25) is 9.78 Å². The molecule has 0 saturated heterocycles. The summed E-state index contributed by atoms with van der Waals surface area (Å²) in [5.74, 6) is -0.0255. The second-order valence-corrected chi connectivity index (χ2v) is 4.98. The summed E-state index contributed by atoms with van der Waals surface area (Å²) in [6, 6.07) is 11.8. The molecule has 1 heterocycles. The highest BCUT2D eigenvalue weighted by Crippen LogP contribution is 2.26. The maximum absolute atomic E-state index is 10.8. The molecule has 1 aromatic heterocycles. The Bertz CT molecular complexity index is 545. The number of primary amides is 1. The highest BCUT2D eigenvalue weighted by atomic mass is 32.2. The summed E-state index contributed by atoms with van der Waals surface area (Å²) in [5, 5.41) is 3.35. The smallest absolute Gasteiger partial charge is 0.227 e. The molecule has 2 rings (SSSR count). The summed E-state index contributed by atoms with van der Waals surface area (Å²) in [6.07, 6.45) is 3.54. The van der Waals surface area contributed by atoms with Crippen LogP contribution < -0.4 is 11.1 Å². The third-order valence-corrected chi connectivity index (χ3v) is 3.59. The first-order valence-electron chi connectivity index (χ1n) is 5.88. The molecule has 0 aliphatic heterocycles. The summed E-state index contributed by atoms with van der Waals surface area (Å²) < 4.78 is 0. The average Bonchev–Trinajstić information content (AvgIpc) is 2.45. The van der Waals surface area contributed by atoms with Gasteiger partial charge in [0.15, 0.2) is 0 Å². The number of nitrogens with two attached hydrogens (primary N) is 1. The topological polar surface area (TPSA) is 68.0 Å². The average molecular weight is 273 g/mol. The Hall–Kier alpha value is -2.01. The number of carbonyl (C=O) groups is 1. The van der Waals surface area contributed by atoms with Gasteiger partial charge in [0, 0.05) is 29.5 Å². The van der Waals surface area contributed by atoms with E-state index in [0.717, 1.165) is 22.7 Å². The SMILES string of the molecule is NC(=O)CSc1ccccc1NCc1ccncc1. The van der Waals surface area contributed by atoms with E-state index in [1.165, 1.54) is 11.8 Å². The van der Waals surface area contributed by atoms with Gasteiger partial charge in [-0.2, -0.15) is 0 Å². The van der Waals surface area contributed by atoms with Crippen molar-refractivity contribution in [1.82, 2.24) is 4.98 Å². The fourth-order valence-corrected chi connectivity index (χ4v) is 2.35. The van der Waals surface area contributed by atoms with Gasteiger partial charge in [-0.25, -0.2) is 0 Å². The van der Waals surface area contributed by atoms with Gasteiger partial charge in [-0.1, -0.05) is 12.1 Å². The zero-order chi connectivity index (χ0) is 13.5. The third-order valence-electron chi connectivity index (χ3n) is 2.49. The zero-order valence-corrected chi connectivity index (χ0v) is 11.2. The minimum atomic E-state index is -0.311. The van der Waals surface area contributed by atoms with Crippen molar-refractivity contribution >= 4 is 23.4 Å². The van der Waals surface area contributed by atoms with Crippen LogP contribution in [0.4, 0.5) is 5.69 Å². The Morgan fingerprint density at radius 2 is 1.95 bits per heavy atom. The van der Waals surface area contributed by atoms with Gasteiger partial charge in [-0.05, 0) is 29.8 Å². The van der Waals surface area contributed by atoms with Gasteiger partial charge in [-0.15, -0.1) is 11.8 Å². The highest BCUT2D eigenvalue weighted by molar-refractivity contribution is 8.00. The minimum Gasteiger partial charge on any atom is -0.380 e. The fourth-order valence-electron chi connectivity index (χ4n) is 1.59. The quantitative estimate of drug-likeness (QED) is 0.792. The Labute approximate surface area is 116 Å². The van der Waals surface area contributed by atoms with Crippen molar-refractivity contribution in [2.75, 3.05) is 11.1 Å². The number of rotatable bonds is 6. The first kappa shape index (κ1) is 13.4. The van der Waals surface area contributed by atoms with Crippen LogP contribution in [0.5, 0.6) is 0 Å². The number of hydrogen-bond acceptors (Lipinski definition) is 4. The van der Waals surface area contributed by atoms with E-state index in [1.54, 1.807) is 12.4 Å². The molecule has 0 aliphatic carbocycles. The monoisotopic (exact) mass is 273 g/mol. The minimum absolute atomic E-state index is 0.286. The number of amides is 1. The molecule has 0 saturated carbocycles. The lowest BCUT2D eigenvalue weighted by molar-refractivity contribution is -0.115. The number of aromatic nitrogens is 1. The molecule has 3 N–H and O–H groups in total. The van der Waals surface area contributed by atoms with Crippen LogP contribution in [-0.4, -0.2) is 16.6 Å². The fraction of sp³-hybridized carbons (Fsp3) is 0.143. The van der Waals surface area contributed by atoms with Crippen LogP contribution in [0.25, 0.3) is 0 Å². The van der Waals surface area contributed by atoms with Crippen molar-refractivity contribution in [2.24, 2.45) is 5.73 Å². The number of anilines is 1. The molecule has 0 unspecified atom stereocenters. The Balaban J connectivity index is 2.01. The van der Waals surface area contributed by atoms with Gasteiger partial charge in [0.05, 0.1) is 5.75 Å². The van der Waals surface area contributed by atoms with Gasteiger partial charge >= 0.3 is 0 Å². The van der Waals surface area contributed by atoms with Crippen molar-refractivity contribution in [3.63, 3.8) is 0 Å². The number of hydrogen-bond donors (Lipinski definition) is 2. The van der Waals surface area contributed by atoms with Gasteiger partial charge in [0.1, 0.15) is 0 Å². The Morgan fingerprint density at radius 1 is 1.21 bits per heavy atom. The second-order valence-electron chi connectivity index (χ2n) is 3.96. The molecule has 4 nitrogen and oxygen atoms in total. The maximum atomic E-state index is 10.8. The number of pyridine rings is 1. The van der Waals surface area contributed by atoms with Crippen molar-refractivity contribution in [3.05, 3.63) is 54.4 Å². The molecule has 0 atom stereocenters. The highest BCUT2D eigenvalue weighted by Gasteiger charge is 2.04. The number of benzene rings is 1. The van der Waals surface area contributed by atoms with Crippen LogP contribution in [0.1, 0.15) is 5.56 Å². The van der Waals surface area contributed by atoms with E-state index in [1.807, 2.05) is 36.4 Å². The Kier molecular flexibility index (Phi) is 4.80. The van der Waals surface area contributed by atoms with E-state index >= 15 is 0 Å². The molecule has 5 heteroatoms. The molecular formula is C14H15N3OS. The molecule has 0 aliphatic rings. The number of nitrogens with zero attached hydrogens (tertiary/aromatic N) is 1. The molecular weight excluding hydrogens is 258 g/mol. The molecule has 1 aromatic carbocycles. The van der Waals surface area contributed by atoms with E-state index in [0.29, 0.717) is 0 Å². The molecule has 0 radical (unpaired) electrons. The van der Waals surface area contributed by atoms with Crippen LogP contribution in [-0.2, 0) is 11.3 Å². The van der Waals surface area contributed by atoms with E-state index in [-0.39, 0.29) is 11.7 Å². The van der Waals surface area contributed by atoms with Crippen molar-refractivity contribution in [2.45, 2.75) is 11.4 Å². The predicted molar refractivity (Wildman–Crippen MR) is 77.9 cm³/mol. The first-order chi connectivity index (χ1) is 9.25. The van der Waals surface area contributed by atoms with Crippen LogP contribution in [0.2, 0.25) is 0 Å². The third kappa shape index (κ3) is 4.30.